The SMILES string of the molecule is Cc1nc2c(OCc3c(F)cccc3F)cccn2c1C(=O)NCC(C)N(C(=O)O)C(C)(C)C. The summed E-state index contributed by atoms with van der Waals surface area (Å²) in [5, 5.41) is 12.3. The van der Waals surface area contributed by atoms with Gasteiger partial charge in [-0.3, -0.25) is 14.1 Å². The van der Waals surface area contributed by atoms with Crippen molar-refractivity contribution in [1.82, 2.24) is 19.6 Å². The Morgan fingerprint density at radius 3 is 2.44 bits per heavy atom. The third-order valence-electron chi connectivity index (χ3n) is 5.36. The molecule has 0 aliphatic heterocycles. The highest BCUT2D eigenvalue weighted by molar-refractivity contribution is 5.95. The van der Waals surface area contributed by atoms with Crippen molar-refractivity contribution in [2.75, 3.05) is 6.54 Å². The molecule has 2 aromatic heterocycles. The number of aromatic nitrogens is 2. The monoisotopic (exact) mass is 474 g/mol. The van der Waals surface area contributed by atoms with Gasteiger partial charge in [0.2, 0.25) is 0 Å². The van der Waals surface area contributed by atoms with Crippen LogP contribution in [0.15, 0.2) is 36.5 Å². The maximum Gasteiger partial charge on any atom is 0.408 e. The summed E-state index contributed by atoms with van der Waals surface area (Å²) in [6.07, 6.45) is 0.552. The number of hydrogen-bond acceptors (Lipinski definition) is 4. The average Bonchev–Trinajstić information content (AvgIpc) is 3.07. The van der Waals surface area contributed by atoms with Crippen molar-refractivity contribution in [3.63, 3.8) is 0 Å². The Balaban J connectivity index is 1.81. The lowest BCUT2D eigenvalue weighted by Gasteiger charge is -2.38. The van der Waals surface area contributed by atoms with Crippen LogP contribution in [0, 0.1) is 18.6 Å². The molecule has 1 aromatic carbocycles. The molecule has 0 spiro atoms. The van der Waals surface area contributed by atoms with Gasteiger partial charge in [0, 0.05) is 18.3 Å². The first-order valence-electron chi connectivity index (χ1n) is 10.8. The number of aryl methyl sites for hydroxylation is 1. The molecule has 34 heavy (non-hydrogen) atoms. The van der Waals surface area contributed by atoms with E-state index in [2.05, 4.69) is 10.3 Å². The number of carbonyl (C=O) groups excluding carboxylic acids is 1. The lowest BCUT2D eigenvalue weighted by molar-refractivity contribution is 0.0713. The number of hydrogen-bond donors (Lipinski definition) is 2. The van der Waals surface area contributed by atoms with E-state index in [1.54, 1.807) is 52.9 Å². The van der Waals surface area contributed by atoms with Crippen molar-refractivity contribution in [3.05, 3.63) is 65.1 Å². The van der Waals surface area contributed by atoms with Gasteiger partial charge in [-0.05, 0) is 58.9 Å². The van der Waals surface area contributed by atoms with Crippen molar-refractivity contribution in [1.29, 1.82) is 0 Å². The minimum atomic E-state index is -1.08. The van der Waals surface area contributed by atoms with Gasteiger partial charge in [-0.15, -0.1) is 0 Å². The number of rotatable bonds is 7. The highest BCUT2D eigenvalue weighted by atomic mass is 19.1. The van der Waals surface area contributed by atoms with Crippen molar-refractivity contribution < 1.29 is 28.2 Å². The molecule has 2 heterocycles. The van der Waals surface area contributed by atoms with Crippen molar-refractivity contribution >= 4 is 17.6 Å². The molecular weight excluding hydrogens is 446 g/mol. The molecule has 3 aromatic rings. The number of nitrogens with one attached hydrogen (secondary N) is 1. The smallest absolute Gasteiger partial charge is 0.408 e. The first kappa shape index (κ1) is 24.9. The first-order chi connectivity index (χ1) is 15.9. The standard InChI is InChI=1S/C24H28F2N4O4/c1-14(30(23(32)33)24(3,4)5)12-27-22(31)20-15(2)28-21-19(10-7-11-29(20)21)34-13-16-17(25)8-6-9-18(16)26/h6-11,14H,12-13H2,1-5H3,(H,27,31)(H,32,33). The van der Waals surface area contributed by atoms with Gasteiger partial charge >= 0.3 is 6.09 Å². The average molecular weight is 475 g/mol. The number of carboxylic acid groups (broad SMARTS) is 1. The molecule has 0 aliphatic carbocycles. The number of amides is 2. The molecule has 1 atom stereocenters. The molecule has 0 aliphatic rings. The summed E-state index contributed by atoms with van der Waals surface area (Å²) >= 11 is 0. The highest BCUT2D eigenvalue weighted by Gasteiger charge is 2.31. The van der Waals surface area contributed by atoms with Crippen LogP contribution in [0.3, 0.4) is 0 Å². The van der Waals surface area contributed by atoms with E-state index in [0.717, 1.165) is 12.1 Å². The Bertz CT molecular complexity index is 1200. The molecule has 10 heteroatoms. The van der Waals surface area contributed by atoms with Gasteiger partial charge < -0.3 is 15.2 Å². The Kier molecular flexibility index (Phi) is 7.09. The van der Waals surface area contributed by atoms with Gasteiger partial charge in [0.25, 0.3) is 5.91 Å². The molecule has 0 saturated carbocycles. The van der Waals surface area contributed by atoms with Gasteiger partial charge in [-0.25, -0.2) is 18.6 Å². The predicted molar refractivity (Wildman–Crippen MR) is 122 cm³/mol. The summed E-state index contributed by atoms with van der Waals surface area (Å²) in [6, 6.07) is 6.32. The molecule has 0 saturated heterocycles. The van der Waals surface area contributed by atoms with Gasteiger partial charge in [-0.1, -0.05) is 6.07 Å². The number of carbonyl (C=O) groups is 2. The lowest BCUT2D eigenvalue weighted by atomic mass is 10.0. The number of halogens is 2. The largest absolute Gasteiger partial charge is 0.485 e. The number of fused-ring (bicyclic) bond motifs is 1. The van der Waals surface area contributed by atoms with Crippen LogP contribution in [0.1, 0.15) is 49.4 Å². The zero-order valence-electron chi connectivity index (χ0n) is 19.7. The molecular formula is C24H28F2N4O4. The third kappa shape index (κ3) is 5.11. The summed E-state index contributed by atoms with van der Waals surface area (Å²) < 4.78 is 35.0. The van der Waals surface area contributed by atoms with Crippen LogP contribution in [-0.2, 0) is 6.61 Å². The normalized spacial score (nSPS) is 12.4. The maximum absolute atomic E-state index is 13.9. The summed E-state index contributed by atoms with van der Waals surface area (Å²) in [6.45, 7) is 8.46. The Labute approximate surface area is 196 Å². The summed E-state index contributed by atoms with van der Waals surface area (Å²) in [4.78, 5) is 30.3. The molecule has 2 amide bonds. The van der Waals surface area contributed by atoms with Crippen LogP contribution < -0.4 is 10.1 Å². The van der Waals surface area contributed by atoms with E-state index in [1.807, 2.05) is 0 Å². The van der Waals surface area contributed by atoms with Crippen LogP contribution in [-0.4, -0.2) is 49.5 Å². The number of pyridine rings is 1. The number of benzene rings is 1. The van der Waals surface area contributed by atoms with Gasteiger partial charge in [0.15, 0.2) is 11.4 Å². The van der Waals surface area contributed by atoms with E-state index < -0.39 is 35.2 Å². The Hall–Kier alpha value is -3.69. The molecule has 182 valence electrons. The van der Waals surface area contributed by atoms with Crippen LogP contribution in [0.4, 0.5) is 13.6 Å². The number of nitrogens with zero attached hydrogens (tertiary/aromatic N) is 3. The summed E-state index contributed by atoms with van der Waals surface area (Å²) in [7, 11) is 0. The fourth-order valence-electron chi connectivity index (χ4n) is 3.91. The number of imidazole rings is 1. The highest BCUT2D eigenvalue weighted by Crippen LogP contribution is 2.24. The van der Waals surface area contributed by atoms with Crippen LogP contribution in [0.2, 0.25) is 0 Å². The number of ether oxygens (including phenoxy) is 1. The van der Waals surface area contributed by atoms with Crippen LogP contribution in [0.25, 0.3) is 5.65 Å². The van der Waals surface area contributed by atoms with Crippen molar-refractivity contribution in [2.45, 2.75) is 52.8 Å². The van der Waals surface area contributed by atoms with E-state index in [0.29, 0.717) is 11.3 Å². The minimum absolute atomic E-state index is 0.0951. The predicted octanol–water partition coefficient (Wildman–Crippen LogP) is 4.40. The second-order valence-corrected chi connectivity index (χ2v) is 8.98. The fourth-order valence-corrected chi connectivity index (χ4v) is 3.91. The molecule has 0 bridgehead atoms. The molecule has 1 unspecified atom stereocenters. The van der Waals surface area contributed by atoms with Gasteiger partial charge in [-0.2, -0.15) is 0 Å². The van der Waals surface area contributed by atoms with Crippen LogP contribution in [0.5, 0.6) is 5.75 Å². The Morgan fingerprint density at radius 2 is 1.85 bits per heavy atom. The molecule has 8 nitrogen and oxygen atoms in total. The third-order valence-corrected chi connectivity index (χ3v) is 5.36. The fraction of sp³-hybridized carbons (Fsp3) is 0.375. The van der Waals surface area contributed by atoms with Crippen molar-refractivity contribution in [2.24, 2.45) is 0 Å². The zero-order valence-corrected chi connectivity index (χ0v) is 19.7. The van der Waals surface area contributed by atoms with E-state index in [4.69, 9.17) is 4.74 Å². The van der Waals surface area contributed by atoms with E-state index in [9.17, 15) is 23.5 Å². The Morgan fingerprint density at radius 1 is 1.21 bits per heavy atom. The molecule has 2 N–H and O–H groups in total. The van der Waals surface area contributed by atoms with Crippen molar-refractivity contribution in [3.8, 4) is 5.75 Å². The van der Waals surface area contributed by atoms with Crippen LogP contribution >= 0.6 is 0 Å². The van der Waals surface area contributed by atoms with E-state index in [-0.39, 0.29) is 30.2 Å². The van der Waals surface area contributed by atoms with Gasteiger partial charge in [0.1, 0.15) is 23.9 Å². The van der Waals surface area contributed by atoms with Gasteiger partial charge in [0.05, 0.1) is 17.3 Å². The quantitative estimate of drug-likeness (QED) is 0.529. The minimum Gasteiger partial charge on any atom is -0.485 e. The van der Waals surface area contributed by atoms with E-state index in [1.165, 1.54) is 15.4 Å². The maximum atomic E-state index is 13.9. The summed E-state index contributed by atoms with van der Waals surface area (Å²) in [5.41, 5.74) is 0.143. The molecule has 3 rings (SSSR count). The molecule has 0 radical (unpaired) electrons. The van der Waals surface area contributed by atoms with E-state index >= 15 is 0 Å². The summed E-state index contributed by atoms with van der Waals surface area (Å²) in [5.74, 6) is -1.61. The zero-order chi connectivity index (χ0) is 25.2. The first-order valence-corrected chi connectivity index (χ1v) is 10.8. The lowest BCUT2D eigenvalue weighted by Crippen LogP contribution is -2.53. The molecule has 0 fully saturated rings. The second kappa shape index (κ2) is 9.66. The topological polar surface area (TPSA) is 96.2 Å². The second-order valence-electron chi connectivity index (χ2n) is 8.98.